The molecule has 0 atom stereocenters. The van der Waals surface area contributed by atoms with Crippen LogP contribution in [0.5, 0.6) is 5.75 Å². The number of alkyl halides is 5. The molecule has 1 heterocycles. The highest BCUT2D eigenvalue weighted by Crippen LogP contribution is 2.36. The molecular formula is C9H8F5NO. The summed E-state index contributed by atoms with van der Waals surface area (Å²) in [7, 11) is 1.11. The molecule has 2 nitrogen and oxygen atoms in total. The van der Waals surface area contributed by atoms with Crippen molar-refractivity contribution in [3.8, 4) is 5.75 Å². The molecule has 1 aromatic heterocycles. The zero-order valence-corrected chi connectivity index (χ0v) is 8.40. The van der Waals surface area contributed by atoms with Crippen LogP contribution in [0.4, 0.5) is 22.0 Å². The first kappa shape index (κ1) is 12.7. The largest absolute Gasteiger partial charge is 0.496 e. The van der Waals surface area contributed by atoms with Crippen molar-refractivity contribution >= 4 is 0 Å². The molecule has 0 aromatic carbocycles. The maximum Gasteiger partial charge on any atom is 0.433 e. The van der Waals surface area contributed by atoms with Gasteiger partial charge in [-0.3, -0.25) is 0 Å². The molecule has 0 N–H and O–H groups in total. The molecule has 0 unspecified atom stereocenters. The Morgan fingerprint density at radius 1 is 1.31 bits per heavy atom. The topological polar surface area (TPSA) is 22.1 Å². The Morgan fingerprint density at radius 2 is 1.88 bits per heavy atom. The third kappa shape index (κ3) is 2.40. The zero-order chi connectivity index (χ0) is 12.5. The molecule has 16 heavy (non-hydrogen) atoms. The van der Waals surface area contributed by atoms with E-state index in [4.69, 9.17) is 0 Å². The highest BCUT2D eigenvalue weighted by atomic mass is 19.4. The molecule has 0 aliphatic rings. The van der Waals surface area contributed by atoms with Crippen molar-refractivity contribution in [1.29, 1.82) is 0 Å². The summed E-state index contributed by atoms with van der Waals surface area (Å²) in [5.74, 6) is -0.252. The second kappa shape index (κ2) is 4.23. The normalized spacial score (nSPS) is 12.0. The number of rotatable bonds is 2. The maximum absolute atomic E-state index is 12.4. The first-order valence-corrected chi connectivity index (χ1v) is 4.18. The van der Waals surface area contributed by atoms with E-state index in [-0.39, 0.29) is 11.3 Å². The molecule has 7 heteroatoms. The number of pyridine rings is 1. The second-order valence-corrected chi connectivity index (χ2v) is 3.02. The summed E-state index contributed by atoms with van der Waals surface area (Å²) >= 11 is 0. The molecule has 90 valence electrons. The Bertz CT molecular complexity index is 388. The number of nitrogens with zero attached hydrogens (tertiary/aromatic N) is 1. The molecule has 0 spiro atoms. The van der Waals surface area contributed by atoms with Gasteiger partial charge in [0.1, 0.15) is 11.4 Å². The van der Waals surface area contributed by atoms with Crippen LogP contribution in [0.2, 0.25) is 0 Å². The smallest absolute Gasteiger partial charge is 0.433 e. The third-order valence-corrected chi connectivity index (χ3v) is 1.96. The lowest BCUT2D eigenvalue weighted by molar-refractivity contribution is -0.142. The van der Waals surface area contributed by atoms with Gasteiger partial charge < -0.3 is 4.74 Å². The van der Waals surface area contributed by atoms with Gasteiger partial charge in [-0.05, 0) is 6.92 Å². The first-order chi connectivity index (χ1) is 7.27. The fraction of sp³-hybridized carbons (Fsp3) is 0.444. The molecule has 0 aliphatic carbocycles. The van der Waals surface area contributed by atoms with Crippen LogP contribution in [0.3, 0.4) is 0 Å². The van der Waals surface area contributed by atoms with Gasteiger partial charge in [-0.15, -0.1) is 0 Å². The van der Waals surface area contributed by atoms with Crippen LogP contribution >= 0.6 is 0 Å². The van der Waals surface area contributed by atoms with Crippen molar-refractivity contribution < 1.29 is 26.7 Å². The zero-order valence-electron chi connectivity index (χ0n) is 8.40. The lowest BCUT2D eigenvalue weighted by Gasteiger charge is -2.14. The van der Waals surface area contributed by atoms with Gasteiger partial charge in [0.25, 0.3) is 6.43 Å². The summed E-state index contributed by atoms with van der Waals surface area (Å²) in [5.41, 5.74) is -2.60. The number of halogens is 5. The average molecular weight is 241 g/mol. The minimum atomic E-state index is -4.78. The van der Waals surface area contributed by atoms with Gasteiger partial charge in [0.15, 0.2) is 5.69 Å². The quantitative estimate of drug-likeness (QED) is 0.740. The van der Waals surface area contributed by atoms with E-state index in [1.165, 1.54) is 0 Å². The predicted octanol–water partition coefficient (Wildman–Crippen LogP) is 3.36. The Kier molecular flexibility index (Phi) is 3.35. The number of hydrogen-bond acceptors (Lipinski definition) is 2. The summed E-state index contributed by atoms with van der Waals surface area (Å²) in [4.78, 5) is 2.90. The molecule has 0 saturated carbocycles. The van der Waals surface area contributed by atoms with Gasteiger partial charge in [-0.2, -0.15) is 13.2 Å². The molecule has 0 aliphatic heterocycles. The summed E-state index contributed by atoms with van der Waals surface area (Å²) in [5, 5.41) is 0. The van der Waals surface area contributed by atoms with Crippen molar-refractivity contribution in [3.63, 3.8) is 0 Å². The van der Waals surface area contributed by atoms with E-state index in [2.05, 4.69) is 9.72 Å². The maximum atomic E-state index is 12.4. The lowest BCUT2D eigenvalue weighted by atomic mass is 10.1. The Hall–Kier alpha value is -1.40. The molecule has 0 amide bonds. The SMILES string of the molecule is COc1cc(C(F)F)nc(C(F)(F)F)c1C. The number of ether oxygens (including phenoxy) is 1. The van der Waals surface area contributed by atoms with Gasteiger partial charge in [-0.25, -0.2) is 13.8 Å². The van der Waals surface area contributed by atoms with Crippen molar-refractivity contribution in [2.45, 2.75) is 19.5 Å². The van der Waals surface area contributed by atoms with E-state index in [0.717, 1.165) is 20.1 Å². The number of methoxy groups -OCH3 is 1. The Labute approximate surface area is 88.1 Å². The van der Waals surface area contributed by atoms with Crippen molar-refractivity contribution in [2.75, 3.05) is 7.11 Å². The lowest BCUT2D eigenvalue weighted by Crippen LogP contribution is -2.13. The van der Waals surface area contributed by atoms with Crippen molar-refractivity contribution in [2.24, 2.45) is 0 Å². The number of aromatic nitrogens is 1. The summed E-state index contributed by atoms with van der Waals surface area (Å²) in [6, 6.07) is 0.801. The molecule has 0 saturated heterocycles. The number of hydrogen-bond donors (Lipinski definition) is 0. The van der Waals surface area contributed by atoms with Crippen molar-refractivity contribution in [1.82, 2.24) is 4.98 Å². The highest BCUT2D eigenvalue weighted by Gasteiger charge is 2.36. The Balaban J connectivity index is 3.42. The molecule has 1 aromatic rings. The summed E-state index contributed by atoms with van der Waals surface area (Å²) in [6.07, 6.45) is -7.85. The second-order valence-electron chi connectivity index (χ2n) is 3.02. The standard InChI is InChI=1S/C9H8F5NO/c1-4-6(16-2)3-5(8(10)11)15-7(4)9(12,13)14/h3,8H,1-2H3. The van der Waals surface area contributed by atoms with E-state index in [1.54, 1.807) is 0 Å². The molecular weight excluding hydrogens is 233 g/mol. The highest BCUT2D eigenvalue weighted by molar-refractivity contribution is 5.38. The fourth-order valence-electron chi connectivity index (χ4n) is 1.20. The van der Waals surface area contributed by atoms with Gasteiger partial charge >= 0.3 is 6.18 Å². The van der Waals surface area contributed by atoms with Crippen LogP contribution in [0.1, 0.15) is 23.4 Å². The fourth-order valence-corrected chi connectivity index (χ4v) is 1.20. The molecule has 0 bridgehead atoms. The van der Waals surface area contributed by atoms with E-state index in [0.29, 0.717) is 0 Å². The minimum Gasteiger partial charge on any atom is -0.496 e. The van der Waals surface area contributed by atoms with Crippen molar-refractivity contribution in [3.05, 3.63) is 23.0 Å². The van der Waals surface area contributed by atoms with Gasteiger partial charge in [0, 0.05) is 11.6 Å². The van der Waals surface area contributed by atoms with Crippen LogP contribution in [0.25, 0.3) is 0 Å². The molecule has 1 rings (SSSR count). The van der Waals surface area contributed by atoms with E-state index in [1.807, 2.05) is 0 Å². The van der Waals surface area contributed by atoms with E-state index < -0.39 is 24.0 Å². The van der Waals surface area contributed by atoms with Crippen LogP contribution in [-0.2, 0) is 6.18 Å². The minimum absolute atomic E-state index is 0.252. The summed E-state index contributed by atoms with van der Waals surface area (Å²) < 4.78 is 66.5. The average Bonchev–Trinajstić information content (AvgIpc) is 2.15. The van der Waals surface area contributed by atoms with Gasteiger partial charge in [-0.1, -0.05) is 0 Å². The van der Waals surface area contributed by atoms with E-state index >= 15 is 0 Å². The molecule has 0 radical (unpaired) electrons. The predicted molar refractivity (Wildman–Crippen MR) is 45.5 cm³/mol. The van der Waals surface area contributed by atoms with Crippen LogP contribution in [0.15, 0.2) is 6.07 Å². The van der Waals surface area contributed by atoms with Crippen LogP contribution in [-0.4, -0.2) is 12.1 Å². The van der Waals surface area contributed by atoms with E-state index in [9.17, 15) is 22.0 Å². The van der Waals surface area contributed by atoms with Gasteiger partial charge in [0.2, 0.25) is 0 Å². The first-order valence-electron chi connectivity index (χ1n) is 4.18. The summed E-state index contributed by atoms with van der Waals surface area (Å²) in [6.45, 7) is 1.11. The third-order valence-electron chi connectivity index (χ3n) is 1.96. The monoisotopic (exact) mass is 241 g/mol. The van der Waals surface area contributed by atoms with Crippen LogP contribution < -0.4 is 4.74 Å². The molecule has 0 fully saturated rings. The van der Waals surface area contributed by atoms with Crippen LogP contribution in [0, 0.1) is 6.92 Å². The Morgan fingerprint density at radius 3 is 2.25 bits per heavy atom. The van der Waals surface area contributed by atoms with Gasteiger partial charge in [0.05, 0.1) is 7.11 Å².